The summed E-state index contributed by atoms with van der Waals surface area (Å²) in [6, 6.07) is 18.1. The summed E-state index contributed by atoms with van der Waals surface area (Å²) in [5, 5.41) is 2.93. The summed E-state index contributed by atoms with van der Waals surface area (Å²) in [5.41, 5.74) is 5.45. The Bertz CT molecular complexity index is 1100. The van der Waals surface area contributed by atoms with Crippen molar-refractivity contribution in [1.82, 2.24) is 9.55 Å². The van der Waals surface area contributed by atoms with Gasteiger partial charge in [-0.1, -0.05) is 23.7 Å². The van der Waals surface area contributed by atoms with Gasteiger partial charge in [-0.2, -0.15) is 0 Å². The molecule has 0 radical (unpaired) electrons. The van der Waals surface area contributed by atoms with Crippen LogP contribution in [0.3, 0.4) is 0 Å². The number of benzene rings is 2. The molecule has 4 heteroatoms. The second kappa shape index (κ2) is 6.77. The van der Waals surface area contributed by atoms with Crippen LogP contribution in [0.5, 0.6) is 0 Å². The van der Waals surface area contributed by atoms with E-state index in [-0.39, 0.29) is 0 Å². The zero-order valence-corrected chi connectivity index (χ0v) is 15.4. The molecule has 2 aromatic heterocycles. The summed E-state index contributed by atoms with van der Waals surface area (Å²) in [5.74, 6) is 0. The summed E-state index contributed by atoms with van der Waals surface area (Å²) in [6.45, 7) is 4.21. The minimum atomic E-state index is 0.739. The number of pyridine rings is 1. The number of hydrogen-bond acceptors (Lipinski definition) is 2. The van der Waals surface area contributed by atoms with E-state index in [0.29, 0.717) is 0 Å². The molecule has 0 aliphatic heterocycles. The molecule has 0 aliphatic rings. The predicted molar refractivity (Wildman–Crippen MR) is 109 cm³/mol. The second-order valence-electron chi connectivity index (χ2n) is 6.27. The lowest BCUT2D eigenvalue weighted by Crippen LogP contribution is -1.99. The molecule has 0 amide bonds. The van der Waals surface area contributed by atoms with E-state index in [0.717, 1.165) is 44.1 Å². The maximum atomic E-state index is 6.01. The van der Waals surface area contributed by atoms with Crippen molar-refractivity contribution in [2.45, 2.75) is 13.8 Å². The van der Waals surface area contributed by atoms with Gasteiger partial charge >= 0.3 is 0 Å². The molecule has 4 aromatic rings. The number of rotatable bonds is 3. The van der Waals surface area contributed by atoms with Gasteiger partial charge in [0, 0.05) is 57.0 Å². The van der Waals surface area contributed by atoms with Crippen LogP contribution < -0.4 is 0 Å². The molecular formula is C22H18ClN3. The van der Waals surface area contributed by atoms with Crippen LogP contribution in [-0.4, -0.2) is 15.8 Å². The fraction of sp³-hybridized carbons (Fsp3) is 0.0909. The molecular weight excluding hydrogens is 342 g/mol. The molecule has 0 atom stereocenters. The van der Waals surface area contributed by atoms with Crippen molar-refractivity contribution in [3.8, 4) is 5.69 Å². The van der Waals surface area contributed by atoms with E-state index in [2.05, 4.69) is 29.5 Å². The van der Waals surface area contributed by atoms with Crippen LogP contribution in [0.4, 0.5) is 5.69 Å². The van der Waals surface area contributed by atoms with Gasteiger partial charge in [-0.15, -0.1) is 0 Å². The standard InChI is InChI=1S/C22H18ClN3/c1-15-12-18(16(2)26(15)20-8-6-19(23)7-9-20)14-25-22-5-3-4-17-13-24-11-10-21(17)22/h3-14H,1-2H3. The lowest BCUT2D eigenvalue weighted by molar-refractivity contribution is 0.965. The lowest BCUT2D eigenvalue weighted by Gasteiger charge is -2.09. The number of fused-ring (bicyclic) bond motifs is 1. The van der Waals surface area contributed by atoms with Crippen molar-refractivity contribution in [1.29, 1.82) is 0 Å². The Morgan fingerprint density at radius 2 is 1.85 bits per heavy atom. The first-order chi connectivity index (χ1) is 12.6. The normalized spacial score (nSPS) is 11.5. The Balaban J connectivity index is 1.74. The van der Waals surface area contributed by atoms with Crippen molar-refractivity contribution in [2.24, 2.45) is 4.99 Å². The largest absolute Gasteiger partial charge is 0.318 e. The third-order valence-electron chi connectivity index (χ3n) is 4.56. The first kappa shape index (κ1) is 16.6. The van der Waals surface area contributed by atoms with Gasteiger partial charge in [0.15, 0.2) is 0 Å². The highest BCUT2D eigenvalue weighted by molar-refractivity contribution is 6.30. The van der Waals surface area contributed by atoms with Crippen molar-refractivity contribution in [3.63, 3.8) is 0 Å². The Labute approximate surface area is 157 Å². The van der Waals surface area contributed by atoms with E-state index in [4.69, 9.17) is 16.6 Å². The number of halogens is 1. The minimum Gasteiger partial charge on any atom is -0.318 e. The van der Waals surface area contributed by atoms with Gasteiger partial charge in [-0.3, -0.25) is 9.98 Å². The third kappa shape index (κ3) is 3.02. The van der Waals surface area contributed by atoms with Gasteiger partial charge in [0.2, 0.25) is 0 Å². The number of aryl methyl sites for hydroxylation is 1. The molecule has 2 aromatic carbocycles. The van der Waals surface area contributed by atoms with Gasteiger partial charge in [-0.05, 0) is 56.3 Å². The molecule has 0 saturated carbocycles. The fourth-order valence-electron chi connectivity index (χ4n) is 3.26. The molecule has 0 unspecified atom stereocenters. The molecule has 0 spiro atoms. The van der Waals surface area contributed by atoms with Gasteiger partial charge in [0.1, 0.15) is 0 Å². The van der Waals surface area contributed by atoms with Gasteiger partial charge in [0.25, 0.3) is 0 Å². The molecule has 2 heterocycles. The quantitative estimate of drug-likeness (QED) is 0.410. The van der Waals surface area contributed by atoms with Crippen molar-refractivity contribution >= 4 is 34.3 Å². The molecule has 4 rings (SSSR count). The molecule has 3 nitrogen and oxygen atoms in total. The average Bonchev–Trinajstić information content (AvgIpc) is 2.94. The molecule has 128 valence electrons. The maximum absolute atomic E-state index is 6.01. The van der Waals surface area contributed by atoms with Crippen LogP contribution in [-0.2, 0) is 0 Å². The first-order valence-electron chi connectivity index (χ1n) is 8.45. The average molecular weight is 360 g/mol. The fourth-order valence-corrected chi connectivity index (χ4v) is 3.39. The van der Waals surface area contributed by atoms with E-state index in [1.165, 1.54) is 0 Å². The molecule has 0 aliphatic carbocycles. The molecule has 0 bridgehead atoms. The van der Waals surface area contributed by atoms with Crippen molar-refractivity contribution in [3.05, 3.63) is 89.0 Å². The highest BCUT2D eigenvalue weighted by Gasteiger charge is 2.09. The Hall–Kier alpha value is -2.91. The van der Waals surface area contributed by atoms with Crippen LogP contribution in [0.1, 0.15) is 17.0 Å². The second-order valence-corrected chi connectivity index (χ2v) is 6.71. The minimum absolute atomic E-state index is 0.739. The summed E-state index contributed by atoms with van der Waals surface area (Å²) in [7, 11) is 0. The van der Waals surface area contributed by atoms with E-state index in [1.807, 2.05) is 60.9 Å². The monoisotopic (exact) mass is 359 g/mol. The third-order valence-corrected chi connectivity index (χ3v) is 4.81. The lowest BCUT2D eigenvalue weighted by atomic mass is 10.1. The highest BCUT2D eigenvalue weighted by Crippen LogP contribution is 2.26. The zero-order chi connectivity index (χ0) is 18.1. The maximum Gasteiger partial charge on any atom is 0.0709 e. The SMILES string of the molecule is Cc1cc(C=Nc2cccc3cnccc23)c(C)n1-c1ccc(Cl)cc1. The van der Waals surface area contributed by atoms with Crippen LogP contribution in [0, 0.1) is 13.8 Å². The van der Waals surface area contributed by atoms with E-state index < -0.39 is 0 Å². The van der Waals surface area contributed by atoms with E-state index >= 15 is 0 Å². The van der Waals surface area contributed by atoms with Crippen molar-refractivity contribution < 1.29 is 0 Å². The van der Waals surface area contributed by atoms with Gasteiger partial charge in [0.05, 0.1) is 5.69 Å². The van der Waals surface area contributed by atoms with Crippen LogP contribution in [0.25, 0.3) is 16.5 Å². The smallest absolute Gasteiger partial charge is 0.0709 e. The van der Waals surface area contributed by atoms with Gasteiger partial charge in [-0.25, -0.2) is 0 Å². The predicted octanol–water partition coefficient (Wildman–Crippen LogP) is 6.05. The summed E-state index contributed by atoms with van der Waals surface area (Å²) >= 11 is 6.01. The summed E-state index contributed by atoms with van der Waals surface area (Å²) in [4.78, 5) is 8.92. The molecule has 26 heavy (non-hydrogen) atoms. The Kier molecular flexibility index (Phi) is 4.31. The number of aromatic nitrogens is 2. The number of nitrogens with zero attached hydrogens (tertiary/aromatic N) is 3. The van der Waals surface area contributed by atoms with E-state index in [1.54, 1.807) is 6.20 Å². The zero-order valence-electron chi connectivity index (χ0n) is 14.6. The van der Waals surface area contributed by atoms with Crippen LogP contribution in [0.15, 0.2) is 72.0 Å². The highest BCUT2D eigenvalue weighted by atomic mass is 35.5. The van der Waals surface area contributed by atoms with Gasteiger partial charge < -0.3 is 4.57 Å². The van der Waals surface area contributed by atoms with Crippen LogP contribution >= 0.6 is 11.6 Å². The molecule has 0 saturated heterocycles. The first-order valence-corrected chi connectivity index (χ1v) is 8.83. The molecule has 0 N–H and O–H groups in total. The summed E-state index contributed by atoms with van der Waals surface area (Å²) < 4.78 is 2.21. The van der Waals surface area contributed by atoms with E-state index in [9.17, 15) is 0 Å². The Morgan fingerprint density at radius 3 is 2.65 bits per heavy atom. The Morgan fingerprint density at radius 1 is 1.04 bits per heavy atom. The number of hydrogen-bond donors (Lipinski definition) is 0. The topological polar surface area (TPSA) is 30.2 Å². The van der Waals surface area contributed by atoms with Crippen molar-refractivity contribution in [2.75, 3.05) is 0 Å². The van der Waals surface area contributed by atoms with Crippen LogP contribution in [0.2, 0.25) is 5.02 Å². The molecule has 0 fully saturated rings. The summed E-state index contributed by atoms with van der Waals surface area (Å²) in [6.07, 6.45) is 5.60. The number of aliphatic imine (C=N–C) groups is 1.